The van der Waals surface area contributed by atoms with Crippen LogP contribution in [0.15, 0.2) is 97.1 Å². The van der Waals surface area contributed by atoms with E-state index in [1.54, 1.807) is 0 Å². The summed E-state index contributed by atoms with van der Waals surface area (Å²) in [6, 6.07) is 22.2. The largest absolute Gasteiger partial charge is 0.416 e. The van der Waals surface area contributed by atoms with Crippen molar-refractivity contribution in [2.24, 2.45) is 11.5 Å². The number of hydrogen-bond acceptors (Lipinski definition) is 5. The molecule has 2 aliphatic carbocycles. The summed E-state index contributed by atoms with van der Waals surface area (Å²) in [7, 11) is 0. The van der Waals surface area contributed by atoms with E-state index in [0.717, 1.165) is 55.4 Å². The molecule has 66 heavy (non-hydrogen) atoms. The first-order chi connectivity index (χ1) is 30.6. The van der Waals surface area contributed by atoms with Crippen LogP contribution in [0.25, 0.3) is 0 Å². The Bertz CT molecular complexity index is 1960. The summed E-state index contributed by atoms with van der Waals surface area (Å²) in [4.78, 5) is 0. The van der Waals surface area contributed by atoms with Gasteiger partial charge in [-0.3, -0.25) is 0 Å². The fraction of sp³-hybridized carbons (Fsp3) is 0.510. The van der Waals surface area contributed by atoms with Gasteiger partial charge < -0.3 is 26.0 Å². The van der Waals surface area contributed by atoms with Crippen molar-refractivity contribution in [1.29, 1.82) is 0 Å². The zero-order chi connectivity index (χ0) is 49.0. The summed E-state index contributed by atoms with van der Waals surface area (Å²) < 4.78 is 171. The van der Waals surface area contributed by atoms with Gasteiger partial charge in [0.15, 0.2) is 0 Å². The smallest absolute Gasteiger partial charge is 0.394 e. The Labute approximate surface area is 376 Å². The van der Waals surface area contributed by atoms with Gasteiger partial charge in [0.1, 0.15) is 0 Å². The molecule has 6 rings (SSSR count). The normalized spacial score (nSPS) is 25.1. The van der Waals surface area contributed by atoms with Crippen molar-refractivity contribution in [2.45, 2.75) is 137 Å². The molecule has 2 atom stereocenters. The number of benzene rings is 4. The highest BCUT2D eigenvalue weighted by molar-refractivity contribution is 5.36. The maximum atomic E-state index is 13.2. The lowest BCUT2D eigenvalue weighted by Gasteiger charge is -2.45. The molecule has 2 fully saturated rings. The Kier molecular flexibility index (Phi) is 16.2. The fourth-order valence-corrected chi connectivity index (χ4v) is 8.77. The van der Waals surface area contributed by atoms with Crippen LogP contribution in [0.4, 0.5) is 52.7 Å². The second kappa shape index (κ2) is 20.2. The third-order valence-electron chi connectivity index (χ3n) is 13.6. The maximum absolute atomic E-state index is 13.2. The van der Waals surface area contributed by atoms with Gasteiger partial charge in [-0.2, -0.15) is 52.7 Å². The van der Waals surface area contributed by atoms with Crippen LogP contribution in [-0.2, 0) is 45.0 Å². The van der Waals surface area contributed by atoms with Crippen molar-refractivity contribution in [3.63, 3.8) is 0 Å². The van der Waals surface area contributed by atoms with Crippen molar-refractivity contribution in [2.75, 3.05) is 19.8 Å². The van der Waals surface area contributed by atoms with Gasteiger partial charge in [-0.05, 0) is 130 Å². The molecule has 5 nitrogen and oxygen atoms in total. The summed E-state index contributed by atoms with van der Waals surface area (Å²) in [5.41, 5.74) is 7.01. The summed E-state index contributed by atoms with van der Waals surface area (Å²) in [5, 5.41) is 9.60. The third kappa shape index (κ3) is 13.1. The number of rotatable bonds is 12. The number of aliphatic hydroxyl groups is 1. The SMILES string of the molecule is CCC1(N)CCC(CO[C@H](C)c2cc(C(F)(F)F)cc(C(F)(F)F)c2)(c2ccccc2)CC1.C[C@@H](OCC1(c2ccccc2)CCC(N)(CO)CC1)c1cc(C(F)(F)F)cc(C(F)(F)F)c1. The highest BCUT2D eigenvalue weighted by atomic mass is 19.4. The van der Waals surface area contributed by atoms with Crippen LogP contribution in [0.5, 0.6) is 0 Å². The zero-order valence-electron chi connectivity index (χ0n) is 36.8. The lowest BCUT2D eigenvalue weighted by atomic mass is 9.64. The van der Waals surface area contributed by atoms with E-state index >= 15 is 0 Å². The molecular weight excluding hydrogens is 893 g/mol. The maximum Gasteiger partial charge on any atom is 0.416 e. The van der Waals surface area contributed by atoms with Gasteiger partial charge >= 0.3 is 24.7 Å². The van der Waals surface area contributed by atoms with E-state index in [1.807, 2.05) is 67.6 Å². The molecule has 0 saturated heterocycles. The van der Waals surface area contributed by atoms with E-state index < -0.39 is 75.5 Å². The Morgan fingerprint density at radius 2 is 0.773 bits per heavy atom. The molecule has 17 heteroatoms. The van der Waals surface area contributed by atoms with Crippen molar-refractivity contribution in [1.82, 2.24) is 0 Å². The van der Waals surface area contributed by atoms with Crippen molar-refractivity contribution in [3.8, 4) is 0 Å². The number of aliphatic hydroxyl groups excluding tert-OH is 1. The summed E-state index contributed by atoms with van der Waals surface area (Å²) in [6.45, 7) is 5.07. The molecule has 364 valence electrons. The quantitative estimate of drug-likeness (QED) is 0.123. The monoisotopic (exact) mass is 948 g/mol. The van der Waals surface area contributed by atoms with E-state index in [1.165, 1.54) is 13.8 Å². The molecule has 0 bridgehead atoms. The average Bonchev–Trinajstić information content (AvgIpc) is 3.28. The van der Waals surface area contributed by atoms with E-state index in [0.29, 0.717) is 37.8 Å². The molecule has 0 amide bonds. The molecule has 0 spiro atoms. The lowest BCUT2D eigenvalue weighted by Crippen LogP contribution is -2.51. The van der Waals surface area contributed by atoms with Crippen LogP contribution in [0, 0.1) is 0 Å². The van der Waals surface area contributed by atoms with Crippen LogP contribution >= 0.6 is 0 Å². The number of nitrogens with two attached hydrogens (primary N) is 2. The van der Waals surface area contributed by atoms with Crippen molar-refractivity contribution in [3.05, 3.63) is 142 Å². The summed E-state index contributed by atoms with van der Waals surface area (Å²) in [5.74, 6) is 0. The standard InChI is InChI=1S/C25H29F6NO.C24H27F6NO2/c1-3-23(32)11-9-22(10-12-23,19-7-5-4-6-8-19)16-33-17(2)18-13-20(24(26,27)28)15-21(14-18)25(29,30)31;1-16(17-11-19(23(25,26)27)13-20(12-17)24(28,29)30)33-15-21(18-5-3-2-4-6-18)7-9-22(31,14-32)10-8-21/h4-8,13-15,17H,3,9-12,16,32H2,1-2H3;2-6,11-13,16,32H,7-10,14-15,31H2,1H3/t17-,22?,23?;16-,21?,22?/m11/s1. The third-order valence-corrected chi connectivity index (χ3v) is 13.6. The molecule has 0 aliphatic heterocycles. The first-order valence-electron chi connectivity index (χ1n) is 21.7. The molecule has 2 aliphatic rings. The first kappa shape index (κ1) is 52.8. The highest BCUT2D eigenvalue weighted by Gasteiger charge is 2.45. The van der Waals surface area contributed by atoms with Crippen LogP contribution in [-0.4, -0.2) is 36.0 Å². The molecule has 0 radical (unpaired) electrons. The van der Waals surface area contributed by atoms with Gasteiger partial charge in [-0.15, -0.1) is 0 Å². The second-order valence-electron chi connectivity index (χ2n) is 18.1. The fourth-order valence-electron chi connectivity index (χ4n) is 8.77. The van der Waals surface area contributed by atoms with Gasteiger partial charge in [0, 0.05) is 21.9 Å². The summed E-state index contributed by atoms with van der Waals surface area (Å²) >= 11 is 0. The van der Waals surface area contributed by atoms with Crippen LogP contribution in [0.2, 0.25) is 0 Å². The lowest BCUT2D eigenvalue weighted by molar-refractivity contribution is -0.145. The Balaban J connectivity index is 0.000000247. The van der Waals surface area contributed by atoms with Crippen molar-refractivity contribution >= 4 is 0 Å². The number of alkyl halides is 12. The number of ether oxygens (including phenoxy) is 2. The first-order valence-corrected chi connectivity index (χ1v) is 21.7. The topological polar surface area (TPSA) is 90.7 Å². The van der Waals surface area contributed by atoms with Crippen molar-refractivity contribution < 1.29 is 67.3 Å². The molecule has 4 aromatic rings. The average molecular weight is 949 g/mol. The van der Waals surface area contributed by atoms with Crippen LogP contribution in [0.3, 0.4) is 0 Å². The molecule has 4 aromatic carbocycles. The van der Waals surface area contributed by atoms with Gasteiger partial charge in [0.2, 0.25) is 0 Å². The van der Waals surface area contributed by atoms with E-state index in [4.69, 9.17) is 20.9 Å². The van der Waals surface area contributed by atoms with E-state index in [9.17, 15) is 57.8 Å². The van der Waals surface area contributed by atoms with Gasteiger partial charge in [0.05, 0.1) is 54.3 Å². The number of hydrogen-bond donors (Lipinski definition) is 3. The molecule has 0 aromatic heterocycles. The molecule has 2 saturated carbocycles. The number of halogens is 12. The molecule has 0 heterocycles. The summed E-state index contributed by atoms with van der Waals surface area (Å²) in [6.07, 6.45) is -15.6. The molecule has 5 N–H and O–H groups in total. The molecular formula is C49H56F12N2O3. The Morgan fingerprint density at radius 1 is 0.485 bits per heavy atom. The van der Waals surface area contributed by atoms with E-state index in [-0.39, 0.29) is 48.6 Å². The highest BCUT2D eigenvalue weighted by Crippen LogP contribution is 2.47. The predicted octanol–water partition coefficient (Wildman–Crippen LogP) is 13.4. The van der Waals surface area contributed by atoms with Gasteiger partial charge in [-0.25, -0.2) is 0 Å². The zero-order valence-corrected chi connectivity index (χ0v) is 36.8. The van der Waals surface area contributed by atoms with Crippen LogP contribution in [0.1, 0.15) is 135 Å². The van der Waals surface area contributed by atoms with Crippen LogP contribution < -0.4 is 11.5 Å². The Morgan fingerprint density at radius 3 is 1.03 bits per heavy atom. The van der Waals surface area contributed by atoms with Gasteiger partial charge in [0.25, 0.3) is 0 Å². The minimum absolute atomic E-state index is 0.0945. The minimum Gasteiger partial charge on any atom is -0.394 e. The van der Waals surface area contributed by atoms with Gasteiger partial charge in [-0.1, -0.05) is 67.6 Å². The Hall–Kier alpha value is -4.16. The second-order valence-corrected chi connectivity index (χ2v) is 18.1. The minimum atomic E-state index is -4.92. The predicted molar refractivity (Wildman–Crippen MR) is 226 cm³/mol. The van der Waals surface area contributed by atoms with E-state index in [2.05, 4.69) is 0 Å². The molecule has 0 unspecified atom stereocenters.